The monoisotopic (exact) mass is 452 g/mol. The molecular formula is C27H24N4O3. The zero-order valence-electron chi connectivity index (χ0n) is 19.1. The Kier molecular flexibility index (Phi) is 4.76. The van der Waals surface area contributed by atoms with Crippen LogP contribution in [0.1, 0.15) is 34.4 Å². The molecule has 0 bridgehead atoms. The molecule has 0 aliphatic carbocycles. The number of anilines is 1. The highest BCUT2D eigenvalue weighted by Gasteiger charge is 2.41. The average molecular weight is 453 g/mol. The van der Waals surface area contributed by atoms with E-state index in [2.05, 4.69) is 52.7 Å². The lowest BCUT2D eigenvalue weighted by Crippen LogP contribution is -2.32. The normalized spacial score (nSPS) is 18.2. The number of hydrogen-bond acceptors (Lipinski definition) is 6. The van der Waals surface area contributed by atoms with E-state index in [4.69, 9.17) is 14.2 Å². The Morgan fingerprint density at radius 3 is 2.47 bits per heavy atom. The number of nitrogens with one attached hydrogen (secondary N) is 1. The summed E-state index contributed by atoms with van der Waals surface area (Å²) in [6.45, 7) is 2.09. The smallest absolute Gasteiger partial charge is 0.226 e. The predicted molar refractivity (Wildman–Crippen MR) is 129 cm³/mol. The highest BCUT2D eigenvalue weighted by atomic mass is 16.5. The summed E-state index contributed by atoms with van der Waals surface area (Å²) in [6, 6.07) is 22.3. The lowest BCUT2D eigenvalue weighted by Gasteiger charge is -2.39. The van der Waals surface area contributed by atoms with Crippen LogP contribution in [0.3, 0.4) is 0 Å². The van der Waals surface area contributed by atoms with E-state index in [0.717, 1.165) is 33.7 Å². The molecule has 0 saturated carbocycles. The van der Waals surface area contributed by atoms with Crippen molar-refractivity contribution in [1.29, 1.82) is 0 Å². The van der Waals surface area contributed by atoms with Gasteiger partial charge in [-0.25, -0.2) is 4.68 Å². The summed E-state index contributed by atoms with van der Waals surface area (Å²) in [5, 5.41) is 8.11. The van der Waals surface area contributed by atoms with Crippen LogP contribution in [0.15, 0.2) is 78.6 Å². The standard InChI is InChI=1S/C27H24N4O3/c1-16-8-10-17(11-9-16)26-23-24(19-6-4-5-7-20(19)34-26)30-27-28-15-29-31(27)25(23)18-12-13-21(32-2)22(14-18)33-3/h4-15,25-26H,1-3H3,(H,28,29,30)/t25-,26+/m0/s1. The molecule has 2 aliphatic rings. The van der Waals surface area contributed by atoms with E-state index in [1.807, 2.05) is 41.1 Å². The summed E-state index contributed by atoms with van der Waals surface area (Å²) < 4.78 is 19.7. The first-order chi connectivity index (χ1) is 16.7. The predicted octanol–water partition coefficient (Wildman–Crippen LogP) is 5.16. The van der Waals surface area contributed by atoms with Crippen molar-refractivity contribution in [2.45, 2.75) is 19.1 Å². The number of aryl methyl sites for hydroxylation is 1. The molecule has 0 radical (unpaired) electrons. The van der Waals surface area contributed by atoms with Crippen molar-refractivity contribution >= 4 is 11.6 Å². The first-order valence-electron chi connectivity index (χ1n) is 11.1. The van der Waals surface area contributed by atoms with E-state index < -0.39 is 0 Å². The van der Waals surface area contributed by atoms with Crippen molar-refractivity contribution in [2.24, 2.45) is 0 Å². The maximum Gasteiger partial charge on any atom is 0.226 e. The van der Waals surface area contributed by atoms with Gasteiger partial charge in [0.1, 0.15) is 24.2 Å². The molecule has 0 saturated heterocycles. The Bertz CT molecular complexity index is 1410. The number of methoxy groups -OCH3 is 2. The van der Waals surface area contributed by atoms with Gasteiger partial charge in [0, 0.05) is 11.1 Å². The number of benzene rings is 3. The number of rotatable bonds is 4. The molecule has 1 aromatic heterocycles. The molecule has 34 heavy (non-hydrogen) atoms. The number of aromatic nitrogens is 3. The van der Waals surface area contributed by atoms with Crippen LogP contribution in [0, 0.1) is 6.92 Å². The highest BCUT2D eigenvalue weighted by Crippen LogP contribution is 2.51. The third-order valence-electron chi connectivity index (χ3n) is 6.42. The molecule has 7 heteroatoms. The van der Waals surface area contributed by atoms with Crippen LogP contribution in [-0.4, -0.2) is 29.0 Å². The van der Waals surface area contributed by atoms with Crippen molar-refractivity contribution in [3.8, 4) is 17.2 Å². The van der Waals surface area contributed by atoms with Gasteiger partial charge in [-0.05, 0) is 42.3 Å². The first-order valence-corrected chi connectivity index (χ1v) is 11.1. The minimum Gasteiger partial charge on any atom is -0.493 e. The number of hydrogen-bond donors (Lipinski definition) is 1. The van der Waals surface area contributed by atoms with Crippen LogP contribution in [-0.2, 0) is 0 Å². The number of fused-ring (bicyclic) bond motifs is 3. The third-order valence-corrected chi connectivity index (χ3v) is 6.42. The number of ether oxygens (including phenoxy) is 3. The second-order valence-corrected chi connectivity index (χ2v) is 8.41. The summed E-state index contributed by atoms with van der Waals surface area (Å²) in [6.07, 6.45) is 1.26. The Balaban J connectivity index is 1.61. The van der Waals surface area contributed by atoms with Gasteiger partial charge >= 0.3 is 0 Å². The van der Waals surface area contributed by atoms with Crippen molar-refractivity contribution in [1.82, 2.24) is 14.8 Å². The Hall–Kier alpha value is -4.26. The number of nitrogens with zero attached hydrogens (tertiary/aromatic N) is 3. The summed E-state index contributed by atoms with van der Waals surface area (Å²) in [5.41, 5.74) is 6.33. The second-order valence-electron chi connectivity index (χ2n) is 8.41. The molecule has 3 heterocycles. The van der Waals surface area contributed by atoms with Gasteiger partial charge in [0.05, 0.1) is 19.9 Å². The maximum absolute atomic E-state index is 6.66. The van der Waals surface area contributed by atoms with E-state index in [1.54, 1.807) is 20.5 Å². The van der Waals surface area contributed by atoms with Gasteiger partial charge in [0.2, 0.25) is 5.95 Å². The van der Waals surface area contributed by atoms with Gasteiger partial charge in [-0.2, -0.15) is 10.1 Å². The van der Waals surface area contributed by atoms with Crippen molar-refractivity contribution in [2.75, 3.05) is 19.5 Å². The van der Waals surface area contributed by atoms with Crippen molar-refractivity contribution in [3.63, 3.8) is 0 Å². The largest absolute Gasteiger partial charge is 0.493 e. The van der Waals surface area contributed by atoms with Gasteiger partial charge in [-0.15, -0.1) is 0 Å². The minimum atomic E-state index is -0.312. The zero-order chi connectivity index (χ0) is 23.2. The van der Waals surface area contributed by atoms with Gasteiger partial charge < -0.3 is 19.5 Å². The van der Waals surface area contributed by atoms with Crippen LogP contribution in [0.2, 0.25) is 0 Å². The zero-order valence-corrected chi connectivity index (χ0v) is 19.1. The number of para-hydroxylation sites is 1. The van der Waals surface area contributed by atoms with Crippen molar-refractivity contribution < 1.29 is 14.2 Å². The summed E-state index contributed by atoms with van der Waals surface area (Å²) in [4.78, 5) is 4.49. The molecule has 3 aromatic carbocycles. The summed E-state index contributed by atoms with van der Waals surface area (Å²) >= 11 is 0. The van der Waals surface area contributed by atoms with Crippen molar-refractivity contribution in [3.05, 3.63) is 101 Å². The quantitative estimate of drug-likeness (QED) is 0.461. The molecule has 7 nitrogen and oxygen atoms in total. The summed E-state index contributed by atoms with van der Waals surface area (Å²) in [7, 11) is 3.28. The Labute approximate surface area is 197 Å². The van der Waals surface area contributed by atoms with E-state index in [-0.39, 0.29) is 12.1 Å². The topological polar surface area (TPSA) is 70.4 Å². The van der Waals surface area contributed by atoms with Gasteiger partial charge in [0.15, 0.2) is 11.5 Å². The van der Waals surface area contributed by atoms with E-state index in [1.165, 1.54) is 5.56 Å². The average Bonchev–Trinajstić information content (AvgIpc) is 3.35. The second kappa shape index (κ2) is 7.95. The van der Waals surface area contributed by atoms with Crippen LogP contribution >= 0.6 is 0 Å². The summed E-state index contributed by atoms with van der Waals surface area (Å²) in [5.74, 6) is 2.84. The molecule has 170 valence electrons. The molecule has 0 amide bonds. The van der Waals surface area contributed by atoms with E-state index in [0.29, 0.717) is 17.4 Å². The lowest BCUT2D eigenvalue weighted by molar-refractivity contribution is 0.223. The van der Waals surface area contributed by atoms with Crippen LogP contribution in [0.4, 0.5) is 5.95 Å². The molecular weight excluding hydrogens is 428 g/mol. The fourth-order valence-electron chi connectivity index (χ4n) is 4.78. The van der Waals surface area contributed by atoms with E-state index >= 15 is 0 Å². The van der Waals surface area contributed by atoms with Crippen LogP contribution in [0.25, 0.3) is 5.70 Å². The Morgan fingerprint density at radius 1 is 0.912 bits per heavy atom. The molecule has 1 N–H and O–H groups in total. The molecule has 6 rings (SSSR count). The molecule has 0 spiro atoms. The molecule has 2 atom stereocenters. The maximum atomic E-state index is 6.66. The molecule has 4 aromatic rings. The minimum absolute atomic E-state index is 0.256. The molecule has 0 fully saturated rings. The SMILES string of the molecule is COc1ccc([C@H]2C3=C(Nc4ncnn42)c2ccccc2O[C@@H]3c2ccc(C)cc2)cc1OC. The third kappa shape index (κ3) is 3.12. The lowest BCUT2D eigenvalue weighted by atomic mass is 9.84. The molecule has 2 aliphatic heterocycles. The van der Waals surface area contributed by atoms with E-state index in [9.17, 15) is 0 Å². The van der Waals surface area contributed by atoms with Crippen LogP contribution < -0.4 is 19.5 Å². The van der Waals surface area contributed by atoms with Gasteiger partial charge in [-0.3, -0.25) is 0 Å². The van der Waals surface area contributed by atoms with Gasteiger partial charge in [-0.1, -0.05) is 48.0 Å². The van der Waals surface area contributed by atoms with Gasteiger partial charge in [0.25, 0.3) is 0 Å². The fraction of sp³-hybridized carbons (Fsp3) is 0.185. The fourth-order valence-corrected chi connectivity index (χ4v) is 4.78. The van der Waals surface area contributed by atoms with Crippen LogP contribution in [0.5, 0.6) is 17.2 Å². The first kappa shape index (κ1) is 20.4. The highest BCUT2D eigenvalue weighted by molar-refractivity contribution is 5.85. The molecule has 0 unspecified atom stereocenters. The Morgan fingerprint density at radius 2 is 1.68 bits per heavy atom.